The van der Waals surface area contributed by atoms with E-state index in [0.29, 0.717) is 12.1 Å². The van der Waals surface area contributed by atoms with E-state index in [9.17, 15) is 0 Å². The maximum absolute atomic E-state index is 8.63. The van der Waals surface area contributed by atoms with Gasteiger partial charge in [-0.2, -0.15) is 0 Å². The highest BCUT2D eigenvalue weighted by Gasteiger charge is 2.20. The first-order chi connectivity index (χ1) is 6.36. The second-order valence-electron chi connectivity index (χ2n) is 3.75. The van der Waals surface area contributed by atoms with Crippen molar-refractivity contribution in [1.29, 1.82) is 0 Å². The van der Waals surface area contributed by atoms with Crippen LogP contribution in [0.5, 0.6) is 0 Å². The van der Waals surface area contributed by atoms with E-state index < -0.39 is 0 Å². The van der Waals surface area contributed by atoms with Crippen LogP contribution in [-0.2, 0) is 4.74 Å². The van der Waals surface area contributed by atoms with Crippen LogP contribution in [0.4, 0.5) is 0 Å². The van der Waals surface area contributed by atoms with Gasteiger partial charge in [0, 0.05) is 19.8 Å². The van der Waals surface area contributed by atoms with E-state index in [2.05, 4.69) is 5.32 Å². The molecule has 0 heterocycles. The number of nitrogens with one attached hydrogen (secondary N) is 1. The van der Waals surface area contributed by atoms with E-state index in [1.54, 1.807) is 7.11 Å². The molecule has 0 bridgehead atoms. The Morgan fingerprint density at radius 1 is 1.46 bits per heavy atom. The molecule has 3 heteroatoms. The zero-order valence-corrected chi connectivity index (χ0v) is 8.46. The van der Waals surface area contributed by atoms with Crippen molar-refractivity contribution in [1.82, 2.24) is 5.32 Å². The third-order valence-corrected chi connectivity index (χ3v) is 2.73. The van der Waals surface area contributed by atoms with E-state index in [1.807, 2.05) is 0 Å². The molecule has 0 saturated heterocycles. The predicted molar refractivity (Wildman–Crippen MR) is 52.8 cm³/mol. The zero-order chi connectivity index (χ0) is 9.52. The monoisotopic (exact) mass is 187 g/mol. The van der Waals surface area contributed by atoms with Crippen LogP contribution in [0.15, 0.2) is 0 Å². The minimum atomic E-state index is 0.285. The lowest BCUT2D eigenvalue weighted by atomic mass is 9.93. The minimum Gasteiger partial charge on any atom is -0.396 e. The van der Waals surface area contributed by atoms with Crippen molar-refractivity contribution in [2.24, 2.45) is 0 Å². The summed E-state index contributed by atoms with van der Waals surface area (Å²) in [5.41, 5.74) is 0. The number of ether oxygens (including phenoxy) is 1. The third-order valence-electron chi connectivity index (χ3n) is 2.73. The molecule has 2 N–H and O–H groups in total. The molecule has 1 aliphatic carbocycles. The average Bonchev–Trinajstić information content (AvgIpc) is 2.19. The molecule has 2 unspecified atom stereocenters. The molecule has 78 valence electrons. The van der Waals surface area contributed by atoms with Gasteiger partial charge in [0.05, 0.1) is 6.10 Å². The summed E-state index contributed by atoms with van der Waals surface area (Å²) in [5, 5.41) is 12.1. The van der Waals surface area contributed by atoms with Crippen LogP contribution in [0.25, 0.3) is 0 Å². The molecule has 0 radical (unpaired) electrons. The van der Waals surface area contributed by atoms with E-state index in [4.69, 9.17) is 9.84 Å². The molecule has 1 fully saturated rings. The van der Waals surface area contributed by atoms with Crippen LogP contribution in [0.1, 0.15) is 32.1 Å². The van der Waals surface area contributed by atoms with Gasteiger partial charge in [-0.25, -0.2) is 0 Å². The first-order valence-electron chi connectivity index (χ1n) is 5.24. The predicted octanol–water partition coefficient (Wildman–Crippen LogP) is 0.916. The molecule has 0 aliphatic heterocycles. The average molecular weight is 187 g/mol. The van der Waals surface area contributed by atoms with Gasteiger partial charge in [-0.05, 0) is 38.6 Å². The molecule has 1 saturated carbocycles. The topological polar surface area (TPSA) is 41.5 Å². The molecule has 1 aliphatic rings. The summed E-state index contributed by atoms with van der Waals surface area (Å²) >= 11 is 0. The fourth-order valence-corrected chi connectivity index (χ4v) is 1.93. The van der Waals surface area contributed by atoms with Crippen LogP contribution < -0.4 is 5.32 Å². The molecule has 13 heavy (non-hydrogen) atoms. The summed E-state index contributed by atoms with van der Waals surface area (Å²) in [6.45, 7) is 1.21. The fraction of sp³-hybridized carbons (Fsp3) is 1.00. The van der Waals surface area contributed by atoms with Crippen LogP contribution in [0, 0.1) is 0 Å². The molecule has 0 aromatic carbocycles. The van der Waals surface area contributed by atoms with Crippen molar-refractivity contribution in [3.05, 3.63) is 0 Å². The van der Waals surface area contributed by atoms with Gasteiger partial charge in [-0.3, -0.25) is 0 Å². The van der Waals surface area contributed by atoms with Gasteiger partial charge in [0.25, 0.3) is 0 Å². The SMILES string of the molecule is COC1CCCC(NCCCO)C1. The van der Waals surface area contributed by atoms with Gasteiger partial charge in [0.1, 0.15) is 0 Å². The fourth-order valence-electron chi connectivity index (χ4n) is 1.93. The summed E-state index contributed by atoms with van der Waals surface area (Å²) in [4.78, 5) is 0. The third kappa shape index (κ3) is 4.07. The summed E-state index contributed by atoms with van der Waals surface area (Å²) in [7, 11) is 1.79. The largest absolute Gasteiger partial charge is 0.396 e. The summed E-state index contributed by atoms with van der Waals surface area (Å²) in [6, 6.07) is 0.602. The lowest BCUT2D eigenvalue weighted by molar-refractivity contribution is 0.0587. The number of aliphatic hydroxyl groups is 1. The van der Waals surface area contributed by atoms with Crippen LogP contribution >= 0.6 is 0 Å². The molecule has 0 amide bonds. The van der Waals surface area contributed by atoms with Crippen molar-refractivity contribution < 1.29 is 9.84 Å². The van der Waals surface area contributed by atoms with Gasteiger partial charge in [0.2, 0.25) is 0 Å². The van der Waals surface area contributed by atoms with Crippen molar-refractivity contribution in [3.63, 3.8) is 0 Å². The highest BCUT2D eigenvalue weighted by molar-refractivity contribution is 4.77. The van der Waals surface area contributed by atoms with Crippen LogP contribution in [0.3, 0.4) is 0 Å². The Labute approximate surface area is 80.5 Å². The zero-order valence-electron chi connectivity index (χ0n) is 8.46. The van der Waals surface area contributed by atoms with Gasteiger partial charge in [-0.15, -0.1) is 0 Å². The van der Waals surface area contributed by atoms with Crippen LogP contribution in [-0.4, -0.2) is 37.5 Å². The van der Waals surface area contributed by atoms with E-state index in [0.717, 1.165) is 19.4 Å². The molecule has 3 nitrogen and oxygen atoms in total. The van der Waals surface area contributed by atoms with E-state index >= 15 is 0 Å². The maximum atomic E-state index is 8.63. The maximum Gasteiger partial charge on any atom is 0.0586 e. The molecule has 1 rings (SSSR count). The Morgan fingerprint density at radius 3 is 3.00 bits per heavy atom. The smallest absolute Gasteiger partial charge is 0.0586 e. The normalized spacial score (nSPS) is 29.1. The van der Waals surface area contributed by atoms with Gasteiger partial charge >= 0.3 is 0 Å². The lowest BCUT2D eigenvalue weighted by Gasteiger charge is -2.28. The van der Waals surface area contributed by atoms with Gasteiger partial charge < -0.3 is 15.2 Å². The molecule has 0 aromatic heterocycles. The standard InChI is InChI=1S/C10H21NO2/c1-13-10-5-2-4-9(8-10)11-6-3-7-12/h9-12H,2-8H2,1H3. The van der Waals surface area contributed by atoms with Gasteiger partial charge in [-0.1, -0.05) is 0 Å². The summed E-state index contributed by atoms with van der Waals surface area (Å²) in [5.74, 6) is 0. The Morgan fingerprint density at radius 2 is 2.31 bits per heavy atom. The Kier molecular flexibility index (Phi) is 5.35. The summed E-state index contributed by atoms with van der Waals surface area (Å²) < 4.78 is 5.34. The molecular weight excluding hydrogens is 166 g/mol. The first kappa shape index (κ1) is 11.0. The Hall–Kier alpha value is -0.120. The highest BCUT2D eigenvalue weighted by atomic mass is 16.5. The van der Waals surface area contributed by atoms with Crippen molar-refractivity contribution >= 4 is 0 Å². The lowest BCUT2D eigenvalue weighted by Crippen LogP contribution is -2.37. The number of methoxy groups -OCH3 is 1. The van der Waals surface area contributed by atoms with Crippen molar-refractivity contribution in [2.45, 2.75) is 44.2 Å². The van der Waals surface area contributed by atoms with E-state index in [1.165, 1.54) is 19.3 Å². The molecule has 2 atom stereocenters. The van der Waals surface area contributed by atoms with Crippen molar-refractivity contribution in [2.75, 3.05) is 20.3 Å². The number of hydrogen-bond acceptors (Lipinski definition) is 3. The van der Waals surface area contributed by atoms with Gasteiger partial charge in [0.15, 0.2) is 0 Å². The molecular formula is C10H21NO2. The first-order valence-corrected chi connectivity index (χ1v) is 5.24. The second kappa shape index (κ2) is 6.35. The molecule has 0 aromatic rings. The minimum absolute atomic E-state index is 0.285. The quantitative estimate of drug-likeness (QED) is 0.629. The number of aliphatic hydroxyl groups excluding tert-OH is 1. The molecule has 0 spiro atoms. The number of hydrogen-bond donors (Lipinski definition) is 2. The summed E-state index contributed by atoms with van der Waals surface area (Å²) in [6.07, 6.45) is 6.14. The van der Waals surface area contributed by atoms with Crippen molar-refractivity contribution in [3.8, 4) is 0 Å². The van der Waals surface area contributed by atoms with E-state index in [-0.39, 0.29) is 6.61 Å². The highest BCUT2D eigenvalue weighted by Crippen LogP contribution is 2.20. The Balaban J connectivity index is 2.11. The number of rotatable bonds is 5. The second-order valence-corrected chi connectivity index (χ2v) is 3.75. The Bertz CT molecular complexity index is 130. The van der Waals surface area contributed by atoms with Crippen LogP contribution in [0.2, 0.25) is 0 Å².